The highest BCUT2D eigenvalue weighted by molar-refractivity contribution is 7.89. The lowest BCUT2D eigenvalue weighted by Gasteiger charge is -2.40. The van der Waals surface area contributed by atoms with Crippen molar-refractivity contribution in [2.45, 2.75) is 76.5 Å². The monoisotopic (exact) mass is 433 g/mol. The summed E-state index contributed by atoms with van der Waals surface area (Å²) >= 11 is 0. The Morgan fingerprint density at radius 2 is 1.80 bits per heavy atom. The maximum absolute atomic E-state index is 13.0. The van der Waals surface area contributed by atoms with Crippen LogP contribution in [0.25, 0.3) is 0 Å². The molecule has 0 saturated carbocycles. The van der Waals surface area contributed by atoms with Crippen LogP contribution in [0.3, 0.4) is 0 Å². The van der Waals surface area contributed by atoms with Gasteiger partial charge in [-0.25, -0.2) is 12.7 Å². The normalized spacial score (nSPS) is 30.3. The predicted octanol–water partition coefficient (Wildman–Crippen LogP) is 2.75. The molecule has 1 aromatic carbocycles. The summed E-state index contributed by atoms with van der Waals surface area (Å²) in [5.74, 6) is 0.00240. The maximum Gasteiger partial charge on any atom is 0.224 e. The van der Waals surface area contributed by atoms with E-state index in [1.54, 1.807) is 0 Å². The second kappa shape index (κ2) is 9.37. The largest absolute Gasteiger partial charge is 0.353 e. The van der Waals surface area contributed by atoms with Gasteiger partial charge in [-0.3, -0.25) is 9.69 Å². The van der Waals surface area contributed by atoms with Crippen LogP contribution in [0, 0.1) is 5.92 Å². The molecule has 1 amide bonds. The van der Waals surface area contributed by atoms with Crippen LogP contribution in [-0.2, 0) is 21.4 Å². The van der Waals surface area contributed by atoms with Crippen LogP contribution >= 0.6 is 0 Å². The highest BCUT2D eigenvalue weighted by atomic mass is 32.2. The molecule has 0 aliphatic carbocycles. The number of sulfonamides is 1. The molecule has 3 atom stereocenters. The zero-order valence-corrected chi connectivity index (χ0v) is 18.8. The molecule has 2 bridgehead atoms. The van der Waals surface area contributed by atoms with Crippen LogP contribution in [0.15, 0.2) is 30.3 Å². The van der Waals surface area contributed by atoms with E-state index in [9.17, 15) is 13.2 Å². The number of carbonyl (C=O) groups excluding carboxylic acids is 1. The smallest absolute Gasteiger partial charge is 0.224 e. The van der Waals surface area contributed by atoms with Gasteiger partial charge in [0, 0.05) is 37.8 Å². The molecular weight excluding hydrogens is 398 g/mol. The van der Waals surface area contributed by atoms with Gasteiger partial charge in [0.25, 0.3) is 0 Å². The molecule has 3 aliphatic rings. The Balaban J connectivity index is 1.32. The SMILES string of the molecule is CCCS(=O)(=O)N1CCCC(C(=O)NC2CC3CCC(C2)N3Cc2ccccc2)C1. The van der Waals surface area contributed by atoms with Gasteiger partial charge in [-0.2, -0.15) is 0 Å². The van der Waals surface area contributed by atoms with Crippen LogP contribution in [-0.4, -0.2) is 60.5 Å². The Kier molecular flexibility index (Phi) is 6.80. The minimum atomic E-state index is -3.23. The van der Waals surface area contributed by atoms with Crippen molar-refractivity contribution >= 4 is 15.9 Å². The Morgan fingerprint density at radius 3 is 2.47 bits per heavy atom. The number of carbonyl (C=O) groups is 1. The Hall–Kier alpha value is -1.44. The van der Waals surface area contributed by atoms with Crippen molar-refractivity contribution in [3.8, 4) is 0 Å². The molecule has 0 radical (unpaired) electrons. The number of benzene rings is 1. The van der Waals surface area contributed by atoms with E-state index in [4.69, 9.17) is 0 Å². The lowest BCUT2D eigenvalue weighted by atomic mass is 9.94. The van der Waals surface area contributed by atoms with E-state index < -0.39 is 10.0 Å². The number of hydrogen-bond acceptors (Lipinski definition) is 4. The molecule has 4 rings (SSSR count). The van der Waals surface area contributed by atoms with E-state index in [-0.39, 0.29) is 23.6 Å². The van der Waals surface area contributed by atoms with Gasteiger partial charge in [0.15, 0.2) is 0 Å². The minimum Gasteiger partial charge on any atom is -0.353 e. The standard InChI is InChI=1S/C23H35N3O3S/c1-2-13-30(28,29)25-12-6-9-19(17-25)23(27)24-20-14-21-10-11-22(15-20)26(21)16-18-7-4-3-5-8-18/h3-5,7-8,19-22H,2,6,9-17H2,1H3,(H,24,27). The second-order valence-corrected chi connectivity index (χ2v) is 11.3. The third-order valence-corrected chi connectivity index (χ3v) is 9.09. The first kappa shape index (κ1) is 21.8. The number of fused-ring (bicyclic) bond motifs is 2. The van der Waals surface area contributed by atoms with E-state index in [2.05, 4.69) is 40.5 Å². The lowest BCUT2D eigenvalue weighted by molar-refractivity contribution is -0.127. The average molecular weight is 434 g/mol. The molecule has 0 spiro atoms. The summed E-state index contributed by atoms with van der Waals surface area (Å²) in [6, 6.07) is 11.9. The molecular formula is C23H35N3O3S. The molecule has 3 aliphatic heterocycles. The molecule has 7 heteroatoms. The van der Waals surface area contributed by atoms with Crippen LogP contribution in [0.5, 0.6) is 0 Å². The number of amides is 1. The van der Waals surface area contributed by atoms with Crippen molar-refractivity contribution in [1.82, 2.24) is 14.5 Å². The predicted molar refractivity (Wildman–Crippen MR) is 118 cm³/mol. The molecule has 3 fully saturated rings. The molecule has 1 N–H and O–H groups in total. The Morgan fingerprint density at radius 1 is 1.10 bits per heavy atom. The molecule has 6 nitrogen and oxygen atoms in total. The van der Waals surface area contributed by atoms with Crippen molar-refractivity contribution in [2.24, 2.45) is 5.92 Å². The highest BCUT2D eigenvalue weighted by Crippen LogP contribution is 2.37. The van der Waals surface area contributed by atoms with Gasteiger partial charge in [-0.1, -0.05) is 37.3 Å². The number of rotatable bonds is 7. The van der Waals surface area contributed by atoms with E-state index in [0.717, 1.165) is 32.2 Å². The molecule has 166 valence electrons. The van der Waals surface area contributed by atoms with E-state index >= 15 is 0 Å². The summed E-state index contributed by atoms with van der Waals surface area (Å²) in [5.41, 5.74) is 1.35. The fraction of sp³-hybridized carbons (Fsp3) is 0.696. The van der Waals surface area contributed by atoms with Gasteiger partial charge >= 0.3 is 0 Å². The first-order valence-electron chi connectivity index (χ1n) is 11.5. The zero-order valence-electron chi connectivity index (χ0n) is 18.0. The molecule has 3 saturated heterocycles. The van der Waals surface area contributed by atoms with E-state index in [1.807, 2.05) is 6.92 Å². The second-order valence-electron chi connectivity index (χ2n) is 9.23. The summed E-state index contributed by atoms with van der Waals surface area (Å²) in [7, 11) is -3.23. The Bertz CT molecular complexity index is 815. The van der Waals surface area contributed by atoms with E-state index in [1.165, 1.54) is 22.7 Å². The van der Waals surface area contributed by atoms with Gasteiger partial charge in [-0.05, 0) is 50.5 Å². The van der Waals surface area contributed by atoms with Crippen molar-refractivity contribution < 1.29 is 13.2 Å². The minimum absolute atomic E-state index is 0.0484. The molecule has 0 aromatic heterocycles. The number of nitrogens with zero attached hydrogens (tertiary/aromatic N) is 2. The Labute approximate surface area is 181 Å². The summed E-state index contributed by atoms with van der Waals surface area (Å²) in [6.45, 7) is 3.76. The number of piperidine rings is 2. The third-order valence-electron chi connectivity index (χ3n) is 7.05. The highest BCUT2D eigenvalue weighted by Gasteiger charge is 2.41. The topological polar surface area (TPSA) is 69.7 Å². The fourth-order valence-corrected chi connectivity index (χ4v) is 7.15. The van der Waals surface area contributed by atoms with Crippen molar-refractivity contribution in [1.29, 1.82) is 0 Å². The average Bonchev–Trinajstić information content (AvgIpc) is 2.96. The van der Waals surface area contributed by atoms with Crippen molar-refractivity contribution in [3.63, 3.8) is 0 Å². The summed E-state index contributed by atoms with van der Waals surface area (Å²) in [4.78, 5) is 15.6. The summed E-state index contributed by atoms with van der Waals surface area (Å²) in [5, 5.41) is 3.29. The lowest BCUT2D eigenvalue weighted by Crippen LogP contribution is -2.52. The first-order valence-corrected chi connectivity index (χ1v) is 13.1. The number of nitrogens with one attached hydrogen (secondary N) is 1. The molecule has 3 unspecified atom stereocenters. The van der Waals surface area contributed by atoms with Crippen LogP contribution < -0.4 is 5.32 Å². The first-order chi connectivity index (χ1) is 14.5. The van der Waals surface area contributed by atoms with Gasteiger partial charge in [0.05, 0.1) is 11.7 Å². The van der Waals surface area contributed by atoms with Crippen molar-refractivity contribution in [3.05, 3.63) is 35.9 Å². The quantitative estimate of drug-likeness (QED) is 0.718. The molecule has 3 heterocycles. The summed E-state index contributed by atoms with van der Waals surface area (Å²) in [6.07, 6.45) is 6.57. The molecule has 30 heavy (non-hydrogen) atoms. The fourth-order valence-electron chi connectivity index (χ4n) is 5.56. The number of hydrogen-bond donors (Lipinski definition) is 1. The van der Waals surface area contributed by atoms with Crippen molar-refractivity contribution in [2.75, 3.05) is 18.8 Å². The zero-order chi connectivity index (χ0) is 21.1. The van der Waals surface area contributed by atoms with Gasteiger partial charge in [0.1, 0.15) is 0 Å². The van der Waals surface area contributed by atoms with Gasteiger partial charge in [-0.15, -0.1) is 0 Å². The van der Waals surface area contributed by atoms with E-state index in [0.29, 0.717) is 31.6 Å². The van der Waals surface area contributed by atoms with Crippen LogP contribution in [0.2, 0.25) is 0 Å². The van der Waals surface area contributed by atoms with Crippen LogP contribution in [0.4, 0.5) is 0 Å². The van der Waals surface area contributed by atoms with Gasteiger partial charge in [0.2, 0.25) is 15.9 Å². The van der Waals surface area contributed by atoms with Crippen LogP contribution in [0.1, 0.15) is 57.4 Å². The summed E-state index contributed by atoms with van der Waals surface area (Å²) < 4.78 is 26.4. The third kappa shape index (κ3) is 4.89. The molecule has 1 aromatic rings. The van der Waals surface area contributed by atoms with Gasteiger partial charge < -0.3 is 5.32 Å². The maximum atomic E-state index is 13.0.